The van der Waals surface area contributed by atoms with Crippen LogP contribution in [0.3, 0.4) is 0 Å². The zero-order valence-electron chi connectivity index (χ0n) is 15.8. The van der Waals surface area contributed by atoms with E-state index < -0.39 is 17.9 Å². The summed E-state index contributed by atoms with van der Waals surface area (Å²) >= 11 is 0. The molecule has 148 valence electrons. The fraction of sp³-hybridized carbons (Fsp3) is 0.250. The van der Waals surface area contributed by atoms with Crippen molar-refractivity contribution in [2.75, 3.05) is 21.3 Å². The number of carboxylic acids is 1. The highest BCUT2D eigenvalue weighted by atomic mass is 16.5. The van der Waals surface area contributed by atoms with Crippen LogP contribution in [0.2, 0.25) is 0 Å². The third-order valence-corrected chi connectivity index (χ3v) is 4.16. The molecule has 0 heterocycles. The molecule has 1 atom stereocenters. The number of carboxylic acid groups (broad SMARTS) is 1. The number of methoxy groups -OCH3 is 2. The summed E-state index contributed by atoms with van der Waals surface area (Å²) in [5, 5.41) is 14.5. The Morgan fingerprint density at radius 3 is 2.32 bits per heavy atom. The molecule has 1 unspecified atom stereocenters. The van der Waals surface area contributed by atoms with Crippen LogP contribution in [0.4, 0.5) is 0 Å². The van der Waals surface area contributed by atoms with Crippen LogP contribution < -0.4 is 20.1 Å². The Kier molecular flexibility index (Phi) is 6.97. The van der Waals surface area contributed by atoms with Gasteiger partial charge in [-0.15, -0.1) is 0 Å². The quantitative estimate of drug-likeness (QED) is 0.639. The Bertz CT molecular complexity index is 881. The normalized spacial score (nSPS) is 11.2. The van der Waals surface area contributed by atoms with Gasteiger partial charge in [-0.1, -0.05) is 12.1 Å². The number of hydrogen-bond donors (Lipinski definition) is 3. The van der Waals surface area contributed by atoms with E-state index in [1.54, 1.807) is 24.3 Å². The molecule has 0 aromatic heterocycles. The van der Waals surface area contributed by atoms with Crippen LogP contribution in [0.25, 0.3) is 0 Å². The third-order valence-electron chi connectivity index (χ3n) is 4.16. The van der Waals surface area contributed by atoms with Crippen LogP contribution in [0.5, 0.6) is 11.5 Å². The number of amides is 2. The monoisotopic (exact) mass is 386 g/mol. The topological polar surface area (TPSA) is 114 Å². The van der Waals surface area contributed by atoms with Gasteiger partial charge in [-0.2, -0.15) is 0 Å². The van der Waals surface area contributed by atoms with Crippen molar-refractivity contribution in [2.45, 2.75) is 12.5 Å². The maximum atomic E-state index is 12.7. The third kappa shape index (κ3) is 5.00. The summed E-state index contributed by atoms with van der Waals surface area (Å²) in [6.45, 7) is 0. The predicted molar refractivity (Wildman–Crippen MR) is 102 cm³/mol. The first kappa shape index (κ1) is 20.8. The van der Waals surface area contributed by atoms with E-state index >= 15 is 0 Å². The van der Waals surface area contributed by atoms with Gasteiger partial charge in [-0.05, 0) is 35.9 Å². The van der Waals surface area contributed by atoms with Crippen molar-refractivity contribution in [2.24, 2.45) is 0 Å². The SMILES string of the molecule is CNC(=O)CC(NC(=O)c1ccc(OC)c(OC)c1)c1cccc(C(=O)O)c1. The van der Waals surface area contributed by atoms with Crippen LogP contribution in [-0.4, -0.2) is 44.2 Å². The molecule has 0 bridgehead atoms. The molecule has 28 heavy (non-hydrogen) atoms. The highest BCUT2D eigenvalue weighted by molar-refractivity contribution is 5.95. The summed E-state index contributed by atoms with van der Waals surface area (Å²) in [4.78, 5) is 35.9. The number of benzene rings is 2. The number of hydrogen-bond acceptors (Lipinski definition) is 5. The second-order valence-corrected chi connectivity index (χ2v) is 5.90. The standard InChI is InChI=1S/C20H22N2O6/c1-21-18(23)11-15(12-5-4-6-14(9-12)20(25)26)22-19(24)13-7-8-16(27-2)17(10-13)28-3/h4-10,15H,11H2,1-3H3,(H,21,23)(H,22,24)(H,25,26). The lowest BCUT2D eigenvalue weighted by Crippen LogP contribution is -2.33. The second kappa shape index (κ2) is 9.40. The van der Waals surface area contributed by atoms with Crippen LogP contribution >= 0.6 is 0 Å². The first-order chi connectivity index (χ1) is 13.4. The van der Waals surface area contributed by atoms with E-state index in [1.807, 2.05) is 0 Å². The van der Waals surface area contributed by atoms with Gasteiger partial charge in [0.15, 0.2) is 11.5 Å². The van der Waals surface area contributed by atoms with E-state index in [0.29, 0.717) is 22.6 Å². The number of nitrogens with one attached hydrogen (secondary N) is 2. The summed E-state index contributed by atoms with van der Waals surface area (Å²) in [6, 6.07) is 10.1. The van der Waals surface area contributed by atoms with Crippen molar-refractivity contribution < 1.29 is 29.0 Å². The maximum Gasteiger partial charge on any atom is 0.335 e. The molecule has 0 fully saturated rings. The van der Waals surface area contributed by atoms with E-state index in [2.05, 4.69) is 10.6 Å². The average molecular weight is 386 g/mol. The number of rotatable bonds is 8. The van der Waals surface area contributed by atoms with E-state index in [-0.39, 0.29) is 17.9 Å². The lowest BCUT2D eigenvalue weighted by atomic mass is 10.00. The minimum atomic E-state index is -1.09. The van der Waals surface area contributed by atoms with Crippen molar-refractivity contribution in [1.82, 2.24) is 10.6 Å². The van der Waals surface area contributed by atoms with Crippen LogP contribution in [-0.2, 0) is 4.79 Å². The Balaban J connectivity index is 2.32. The first-order valence-electron chi connectivity index (χ1n) is 8.46. The molecule has 8 heteroatoms. The molecule has 0 aliphatic rings. The van der Waals surface area contributed by atoms with Crippen molar-refractivity contribution in [3.8, 4) is 11.5 Å². The van der Waals surface area contributed by atoms with Gasteiger partial charge in [0, 0.05) is 12.6 Å². The smallest absolute Gasteiger partial charge is 0.335 e. The molecule has 0 aliphatic heterocycles. The Morgan fingerprint density at radius 1 is 1.00 bits per heavy atom. The maximum absolute atomic E-state index is 12.7. The Labute approximate surface area is 162 Å². The van der Waals surface area contributed by atoms with Gasteiger partial charge in [0.05, 0.1) is 32.2 Å². The zero-order chi connectivity index (χ0) is 20.7. The summed E-state index contributed by atoms with van der Waals surface area (Å²) in [6.07, 6.45) is -0.0431. The van der Waals surface area contributed by atoms with E-state index in [4.69, 9.17) is 9.47 Å². The summed E-state index contributed by atoms with van der Waals surface area (Å²) in [5.74, 6) is -0.943. The van der Waals surface area contributed by atoms with E-state index in [0.717, 1.165) is 0 Å². The molecule has 3 N–H and O–H groups in total. The largest absolute Gasteiger partial charge is 0.493 e. The van der Waals surface area contributed by atoms with Crippen molar-refractivity contribution >= 4 is 17.8 Å². The number of ether oxygens (including phenoxy) is 2. The molecule has 0 saturated carbocycles. The lowest BCUT2D eigenvalue weighted by molar-refractivity contribution is -0.121. The Hall–Kier alpha value is -3.55. The molecular formula is C20H22N2O6. The van der Waals surface area contributed by atoms with Gasteiger partial charge >= 0.3 is 5.97 Å². The highest BCUT2D eigenvalue weighted by Crippen LogP contribution is 2.28. The predicted octanol–water partition coefficient (Wildman–Crippen LogP) is 2.01. The van der Waals surface area contributed by atoms with Gasteiger partial charge in [0.1, 0.15) is 0 Å². The fourth-order valence-electron chi connectivity index (χ4n) is 2.65. The summed E-state index contributed by atoms with van der Waals surface area (Å²) < 4.78 is 10.4. The number of carbonyl (C=O) groups excluding carboxylic acids is 2. The summed E-state index contributed by atoms with van der Waals surface area (Å²) in [5.41, 5.74) is 0.894. The average Bonchev–Trinajstić information content (AvgIpc) is 2.72. The molecule has 0 saturated heterocycles. The Morgan fingerprint density at radius 2 is 1.71 bits per heavy atom. The molecule has 0 aliphatic carbocycles. The molecule has 2 rings (SSSR count). The van der Waals surface area contributed by atoms with Gasteiger partial charge in [-0.3, -0.25) is 9.59 Å². The highest BCUT2D eigenvalue weighted by Gasteiger charge is 2.21. The number of aromatic carboxylic acids is 1. The first-order valence-corrected chi connectivity index (χ1v) is 8.46. The minimum absolute atomic E-state index is 0.0431. The van der Waals surface area contributed by atoms with Crippen molar-refractivity contribution in [3.63, 3.8) is 0 Å². The molecule has 2 aromatic carbocycles. The van der Waals surface area contributed by atoms with Gasteiger partial charge in [-0.25, -0.2) is 4.79 Å². The fourth-order valence-corrected chi connectivity index (χ4v) is 2.65. The van der Waals surface area contributed by atoms with E-state index in [1.165, 1.54) is 39.5 Å². The zero-order valence-corrected chi connectivity index (χ0v) is 15.8. The molecule has 8 nitrogen and oxygen atoms in total. The molecular weight excluding hydrogens is 364 g/mol. The number of carbonyl (C=O) groups is 3. The second-order valence-electron chi connectivity index (χ2n) is 5.90. The van der Waals surface area contributed by atoms with Crippen molar-refractivity contribution in [1.29, 1.82) is 0 Å². The van der Waals surface area contributed by atoms with Crippen LogP contribution in [0, 0.1) is 0 Å². The van der Waals surface area contributed by atoms with Crippen LogP contribution in [0.15, 0.2) is 42.5 Å². The lowest BCUT2D eigenvalue weighted by Gasteiger charge is -2.19. The molecule has 2 amide bonds. The summed E-state index contributed by atoms with van der Waals surface area (Å²) in [7, 11) is 4.45. The molecule has 0 spiro atoms. The van der Waals surface area contributed by atoms with Gasteiger partial charge in [0.2, 0.25) is 5.91 Å². The van der Waals surface area contributed by atoms with Gasteiger partial charge in [0.25, 0.3) is 5.91 Å². The van der Waals surface area contributed by atoms with Crippen LogP contribution in [0.1, 0.15) is 38.7 Å². The van der Waals surface area contributed by atoms with E-state index in [9.17, 15) is 19.5 Å². The van der Waals surface area contributed by atoms with Crippen molar-refractivity contribution in [3.05, 3.63) is 59.2 Å². The molecule has 2 aromatic rings. The van der Waals surface area contributed by atoms with Gasteiger partial charge < -0.3 is 25.2 Å². The molecule has 0 radical (unpaired) electrons. The minimum Gasteiger partial charge on any atom is -0.493 e.